The van der Waals surface area contributed by atoms with Crippen LogP contribution >= 0.6 is 34.5 Å². The molecule has 2 aromatic carbocycles. The smallest absolute Gasteiger partial charge is 0.264 e. The molecule has 0 unspecified atom stereocenters. The first-order valence-corrected chi connectivity index (χ1v) is 10.9. The Morgan fingerprint density at radius 1 is 1.04 bits per heavy atom. The number of amides is 1. The molecule has 6 nitrogen and oxygen atoms in total. The molecule has 0 saturated carbocycles. The number of hydrogen-bond donors (Lipinski definition) is 2. The van der Waals surface area contributed by atoms with Crippen LogP contribution in [-0.4, -0.2) is 21.4 Å². The Labute approximate surface area is 176 Å². The number of carbonyl (C=O) groups excluding carboxylic acids is 1. The van der Waals surface area contributed by atoms with E-state index in [1.807, 2.05) is 0 Å². The minimum absolute atomic E-state index is 0.0356. The number of halogens is 2. The minimum atomic E-state index is -4.03. The first kappa shape index (κ1) is 20.5. The number of thiophene rings is 1. The normalized spacial score (nSPS) is 11.1. The highest BCUT2D eigenvalue weighted by Crippen LogP contribution is 2.35. The summed E-state index contributed by atoms with van der Waals surface area (Å²) in [5.74, 6) is -0.0224. The SMILES string of the molecule is COc1ccccc1NC(=O)c1ccccc1NS(=O)(=O)c1cc(Cl)sc1Cl. The molecule has 0 saturated heterocycles. The van der Waals surface area contributed by atoms with E-state index in [2.05, 4.69) is 10.0 Å². The maximum atomic E-state index is 12.7. The predicted molar refractivity (Wildman–Crippen MR) is 113 cm³/mol. The Morgan fingerprint density at radius 2 is 1.68 bits per heavy atom. The first-order valence-electron chi connectivity index (χ1n) is 7.83. The van der Waals surface area contributed by atoms with Crippen LogP contribution in [0.2, 0.25) is 8.67 Å². The lowest BCUT2D eigenvalue weighted by atomic mass is 10.1. The van der Waals surface area contributed by atoms with Crippen molar-refractivity contribution in [3.05, 3.63) is 68.8 Å². The van der Waals surface area contributed by atoms with Gasteiger partial charge in [-0.1, -0.05) is 47.5 Å². The fourth-order valence-corrected chi connectivity index (χ4v) is 5.65. The van der Waals surface area contributed by atoms with Gasteiger partial charge < -0.3 is 10.1 Å². The number of methoxy groups -OCH3 is 1. The second-order valence-electron chi connectivity index (χ2n) is 5.49. The summed E-state index contributed by atoms with van der Waals surface area (Å²) in [5, 5.41) is 2.72. The summed E-state index contributed by atoms with van der Waals surface area (Å²) >= 11 is 12.7. The van der Waals surface area contributed by atoms with Crippen molar-refractivity contribution < 1.29 is 17.9 Å². The van der Waals surface area contributed by atoms with Gasteiger partial charge in [0.25, 0.3) is 15.9 Å². The molecule has 1 heterocycles. The van der Waals surface area contributed by atoms with Gasteiger partial charge in [0.2, 0.25) is 0 Å². The molecule has 28 heavy (non-hydrogen) atoms. The molecular formula is C18H14Cl2N2O4S2. The Balaban J connectivity index is 1.91. The Kier molecular flexibility index (Phi) is 6.14. The number of hydrogen-bond acceptors (Lipinski definition) is 5. The predicted octanol–water partition coefficient (Wildman–Crippen LogP) is 5.12. The third kappa shape index (κ3) is 4.41. The van der Waals surface area contributed by atoms with Crippen LogP contribution in [0.1, 0.15) is 10.4 Å². The van der Waals surface area contributed by atoms with Crippen LogP contribution in [0.3, 0.4) is 0 Å². The zero-order valence-electron chi connectivity index (χ0n) is 14.4. The third-order valence-electron chi connectivity index (χ3n) is 3.69. The molecule has 0 fully saturated rings. The van der Waals surface area contributed by atoms with Gasteiger partial charge in [0.15, 0.2) is 0 Å². The molecular weight excluding hydrogens is 443 g/mol. The van der Waals surface area contributed by atoms with E-state index in [1.54, 1.807) is 36.4 Å². The molecule has 0 spiro atoms. The van der Waals surface area contributed by atoms with Crippen LogP contribution in [-0.2, 0) is 10.0 Å². The molecule has 10 heteroatoms. The largest absolute Gasteiger partial charge is 0.495 e. The van der Waals surface area contributed by atoms with Gasteiger partial charge in [-0.3, -0.25) is 9.52 Å². The number of carbonyl (C=O) groups is 1. The lowest BCUT2D eigenvalue weighted by molar-refractivity contribution is 0.102. The van der Waals surface area contributed by atoms with Crippen molar-refractivity contribution in [2.45, 2.75) is 4.90 Å². The fraction of sp³-hybridized carbons (Fsp3) is 0.0556. The summed E-state index contributed by atoms with van der Waals surface area (Å²) in [6.07, 6.45) is 0. The summed E-state index contributed by atoms with van der Waals surface area (Å²) in [6, 6.07) is 14.4. The van der Waals surface area contributed by atoms with Crippen LogP contribution < -0.4 is 14.8 Å². The van der Waals surface area contributed by atoms with Crippen molar-refractivity contribution >= 4 is 61.8 Å². The molecule has 0 bridgehead atoms. The molecule has 0 aliphatic carbocycles. The van der Waals surface area contributed by atoms with Crippen LogP contribution in [0.15, 0.2) is 59.5 Å². The van der Waals surface area contributed by atoms with E-state index >= 15 is 0 Å². The topological polar surface area (TPSA) is 84.5 Å². The molecule has 1 aromatic heterocycles. The number of para-hydroxylation sites is 3. The molecule has 0 radical (unpaired) electrons. The summed E-state index contributed by atoms with van der Waals surface area (Å²) in [5.41, 5.74) is 0.697. The van der Waals surface area contributed by atoms with Crippen LogP contribution in [0, 0.1) is 0 Å². The minimum Gasteiger partial charge on any atom is -0.495 e. The Hall–Kier alpha value is -2.26. The van der Waals surface area contributed by atoms with E-state index in [1.165, 1.54) is 25.3 Å². The van der Waals surface area contributed by atoms with E-state index in [0.29, 0.717) is 11.4 Å². The van der Waals surface area contributed by atoms with Gasteiger partial charge >= 0.3 is 0 Å². The van der Waals surface area contributed by atoms with Crippen molar-refractivity contribution in [1.29, 1.82) is 0 Å². The fourth-order valence-electron chi connectivity index (χ4n) is 2.42. The zero-order chi connectivity index (χ0) is 20.3. The Morgan fingerprint density at radius 3 is 2.32 bits per heavy atom. The number of ether oxygens (including phenoxy) is 1. The van der Waals surface area contributed by atoms with Gasteiger partial charge in [-0.15, -0.1) is 11.3 Å². The summed E-state index contributed by atoms with van der Waals surface area (Å²) < 4.78 is 33.2. The first-order chi connectivity index (χ1) is 13.3. The van der Waals surface area contributed by atoms with Gasteiger partial charge in [-0.25, -0.2) is 8.42 Å². The molecule has 3 rings (SSSR count). The van der Waals surface area contributed by atoms with Crippen molar-refractivity contribution in [2.75, 3.05) is 17.1 Å². The maximum Gasteiger partial charge on any atom is 0.264 e. The summed E-state index contributed by atoms with van der Waals surface area (Å²) in [4.78, 5) is 12.6. The zero-order valence-corrected chi connectivity index (χ0v) is 17.5. The number of anilines is 2. The van der Waals surface area contributed by atoms with E-state index < -0.39 is 15.9 Å². The average Bonchev–Trinajstić information content (AvgIpc) is 3.01. The summed E-state index contributed by atoms with van der Waals surface area (Å²) in [6.45, 7) is 0. The van der Waals surface area contributed by atoms with Gasteiger partial charge in [0, 0.05) is 0 Å². The highest BCUT2D eigenvalue weighted by atomic mass is 35.5. The monoisotopic (exact) mass is 456 g/mol. The average molecular weight is 457 g/mol. The number of rotatable bonds is 6. The van der Waals surface area contributed by atoms with Gasteiger partial charge in [0.1, 0.15) is 15.0 Å². The van der Waals surface area contributed by atoms with Crippen LogP contribution in [0.25, 0.3) is 0 Å². The van der Waals surface area contributed by atoms with Gasteiger partial charge in [0.05, 0.1) is 28.4 Å². The molecule has 1 amide bonds. The lowest BCUT2D eigenvalue weighted by Gasteiger charge is -2.14. The molecule has 3 aromatic rings. The van der Waals surface area contributed by atoms with Crippen molar-refractivity contribution in [1.82, 2.24) is 0 Å². The molecule has 0 atom stereocenters. The molecule has 0 aliphatic rings. The van der Waals surface area contributed by atoms with E-state index in [-0.39, 0.29) is 24.8 Å². The molecule has 146 valence electrons. The quantitative estimate of drug-likeness (QED) is 0.539. The molecule has 2 N–H and O–H groups in total. The number of sulfonamides is 1. The van der Waals surface area contributed by atoms with Crippen molar-refractivity contribution in [3.63, 3.8) is 0 Å². The van der Waals surface area contributed by atoms with Gasteiger partial charge in [-0.2, -0.15) is 0 Å². The van der Waals surface area contributed by atoms with E-state index in [0.717, 1.165) is 11.3 Å². The number of nitrogens with one attached hydrogen (secondary N) is 2. The second-order valence-corrected chi connectivity index (χ2v) is 9.43. The van der Waals surface area contributed by atoms with Crippen LogP contribution in [0.5, 0.6) is 5.75 Å². The Bertz CT molecular complexity index is 1130. The third-order valence-corrected chi connectivity index (χ3v) is 6.80. The van der Waals surface area contributed by atoms with Crippen LogP contribution in [0.4, 0.5) is 11.4 Å². The maximum absolute atomic E-state index is 12.7. The number of benzene rings is 2. The van der Waals surface area contributed by atoms with Crippen molar-refractivity contribution in [2.24, 2.45) is 0 Å². The lowest BCUT2D eigenvalue weighted by Crippen LogP contribution is -2.18. The van der Waals surface area contributed by atoms with E-state index in [4.69, 9.17) is 27.9 Å². The van der Waals surface area contributed by atoms with Crippen molar-refractivity contribution in [3.8, 4) is 5.75 Å². The van der Waals surface area contributed by atoms with Gasteiger partial charge in [-0.05, 0) is 30.3 Å². The highest BCUT2D eigenvalue weighted by molar-refractivity contribution is 7.93. The second kappa shape index (κ2) is 8.40. The molecule has 0 aliphatic heterocycles. The van der Waals surface area contributed by atoms with E-state index in [9.17, 15) is 13.2 Å². The summed E-state index contributed by atoms with van der Waals surface area (Å²) in [7, 11) is -2.54. The standard InChI is InChI=1S/C18H14Cl2N2O4S2/c1-26-14-9-5-4-8-13(14)21-18(23)11-6-2-3-7-12(11)22-28(24,25)15-10-16(19)27-17(15)20/h2-10,22H,1H3,(H,21,23). The highest BCUT2D eigenvalue weighted by Gasteiger charge is 2.23.